The lowest BCUT2D eigenvalue weighted by atomic mass is 10.1. The third kappa shape index (κ3) is 3.04. The van der Waals surface area contributed by atoms with Gasteiger partial charge in [0.15, 0.2) is 0 Å². The van der Waals surface area contributed by atoms with Gasteiger partial charge >= 0.3 is 0 Å². The number of aliphatic hydroxyl groups excluding tert-OH is 1. The van der Waals surface area contributed by atoms with Gasteiger partial charge in [-0.3, -0.25) is 14.8 Å². The molecule has 1 unspecified atom stereocenters. The van der Waals surface area contributed by atoms with Gasteiger partial charge in [-0.25, -0.2) is 0 Å². The first-order valence-corrected chi connectivity index (χ1v) is 5.86. The van der Waals surface area contributed by atoms with E-state index in [0.29, 0.717) is 16.6 Å². The Kier molecular flexibility index (Phi) is 4.38. The highest BCUT2D eigenvalue weighted by molar-refractivity contribution is 6.04. The molecule has 1 heterocycles. The molecular weight excluding hydrogens is 246 g/mol. The second-order valence-corrected chi connectivity index (χ2v) is 4.04. The van der Waals surface area contributed by atoms with Crippen LogP contribution in [-0.4, -0.2) is 47.3 Å². The Morgan fingerprint density at radius 1 is 1.42 bits per heavy atom. The van der Waals surface area contributed by atoms with E-state index in [4.69, 9.17) is 9.84 Å². The highest BCUT2D eigenvalue weighted by Gasteiger charge is 2.15. The van der Waals surface area contributed by atoms with Gasteiger partial charge in [-0.05, 0) is 12.1 Å². The van der Waals surface area contributed by atoms with Gasteiger partial charge in [0.1, 0.15) is 5.52 Å². The Balaban J connectivity index is 2.26. The molecule has 0 spiro atoms. The maximum absolute atomic E-state index is 12.2. The number of carbonyl (C=O) groups is 1. The number of aliphatic hydroxyl groups is 1. The third-order valence-electron chi connectivity index (χ3n) is 2.67. The fourth-order valence-corrected chi connectivity index (χ4v) is 1.78. The van der Waals surface area contributed by atoms with E-state index in [2.05, 4.69) is 15.3 Å². The number of fused-ring (bicyclic) bond motifs is 1. The summed E-state index contributed by atoms with van der Waals surface area (Å²) < 4.78 is 4.92. The van der Waals surface area contributed by atoms with E-state index in [9.17, 15) is 4.79 Å². The maximum atomic E-state index is 12.2. The predicted molar refractivity (Wildman–Crippen MR) is 69.8 cm³/mol. The van der Waals surface area contributed by atoms with Crippen molar-refractivity contribution in [1.82, 2.24) is 15.3 Å². The monoisotopic (exact) mass is 261 g/mol. The van der Waals surface area contributed by atoms with Crippen LogP contribution in [0.5, 0.6) is 0 Å². The number of benzene rings is 1. The zero-order valence-electron chi connectivity index (χ0n) is 10.5. The van der Waals surface area contributed by atoms with Crippen molar-refractivity contribution in [3.8, 4) is 0 Å². The summed E-state index contributed by atoms with van der Waals surface area (Å²) in [7, 11) is 1.51. The van der Waals surface area contributed by atoms with Gasteiger partial charge in [-0.1, -0.05) is 6.07 Å². The molecule has 6 heteroatoms. The summed E-state index contributed by atoms with van der Waals surface area (Å²) >= 11 is 0. The standard InChI is InChI=1S/C13H15N3O3/c1-19-8-9(7-17)16-13(18)10-3-2-4-11-12(10)15-6-5-14-11/h2-6,9,17H,7-8H2,1H3,(H,16,18). The molecule has 6 nitrogen and oxygen atoms in total. The van der Waals surface area contributed by atoms with E-state index < -0.39 is 6.04 Å². The molecule has 0 saturated carbocycles. The number of para-hydroxylation sites is 1. The van der Waals surface area contributed by atoms with Crippen molar-refractivity contribution in [2.75, 3.05) is 20.3 Å². The number of methoxy groups -OCH3 is 1. The minimum atomic E-state index is -0.440. The van der Waals surface area contributed by atoms with Gasteiger partial charge in [0.25, 0.3) is 5.91 Å². The average Bonchev–Trinajstić information content (AvgIpc) is 2.46. The smallest absolute Gasteiger partial charge is 0.253 e. The molecule has 0 radical (unpaired) electrons. The molecule has 1 atom stereocenters. The summed E-state index contributed by atoms with van der Waals surface area (Å²) in [6.45, 7) is 0.0642. The van der Waals surface area contributed by atoms with Gasteiger partial charge in [0, 0.05) is 19.5 Å². The molecule has 0 aliphatic carbocycles. The van der Waals surface area contributed by atoms with Gasteiger partial charge < -0.3 is 15.2 Å². The van der Waals surface area contributed by atoms with Crippen LogP contribution in [0.15, 0.2) is 30.6 Å². The molecule has 1 aromatic heterocycles. The van der Waals surface area contributed by atoms with Gasteiger partial charge in [0.2, 0.25) is 0 Å². The van der Waals surface area contributed by atoms with Crippen molar-refractivity contribution in [1.29, 1.82) is 0 Å². The van der Waals surface area contributed by atoms with E-state index in [1.54, 1.807) is 24.4 Å². The van der Waals surface area contributed by atoms with Gasteiger partial charge in [-0.15, -0.1) is 0 Å². The highest BCUT2D eigenvalue weighted by atomic mass is 16.5. The Morgan fingerprint density at radius 2 is 2.21 bits per heavy atom. The Morgan fingerprint density at radius 3 is 2.95 bits per heavy atom. The number of hydrogen-bond acceptors (Lipinski definition) is 5. The largest absolute Gasteiger partial charge is 0.394 e. The zero-order chi connectivity index (χ0) is 13.7. The van der Waals surface area contributed by atoms with Gasteiger partial charge in [-0.2, -0.15) is 0 Å². The van der Waals surface area contributed by atoms with Crippen LogP contribution >= 0.6 is 0 Å². The van der Waals surface area contributed by atoms with Crippen LogP contribution in [0.3, 0.4) is 0 Å². The molecule has 0 fully saturated rings. The number of nitrogens with one attached hydrogen (secondary N) is 1. The molecule has 2 rings (SSSR count). The van der Waals surface area contributed by atoms with Crippen molar-refractivity contribution in [2.45, 2.75) is 6.04 Å². The molecule has 0 saturated heterocycles. The van der Waals surface area contributed by atoms with Crippen molar-refractivity contribution < 1.29 is 14.6 Å². The van der Waals surface area contributed by atoms with E-state index in [1.165, 1.54) is 13.3 Å². The molecule has 0 bridgehead atoms. The molecule has 19 heavy (non-hydrogen) atoms. The first-order chi connectivity index (χ1) is 9.26. The topological polar surface area (TPSA) is 84.3 Å². The molecule has 1 aromatic carbocycles. The average molecular weight is 261 g/mol. The van der Waals surface area contributed by atoms with Crippen LogP contribution in [0.2, 0.25) is 0 Å². The molecule has 2 N–H and O–H groups in total. The summed E-state index contributed by atoms with van der Waals surface area (Å²) in [6.07, 6.45) is 3.11. The number of amides is 1. The number of hydrogen-bond donors (Lipinski definition) is 2. The molecule has 100 valence electrons. The van der Waals surface area contributed by atoms with Crippen molar-refractivity contribution in [2.24, 2.45) is 0 Å². The lowest BCUT2D eigenvalue weighted by Crippen LogP contribution is -2.40. The zero-order valence-corrected chi connectivity index (χ0v) is 10.5. The van der Waals surface area contributed by atoms with Crippen LogP contribution in [0, 0.1) is 0 Å². The number of rotatable bonds is 5. The summed E-state index contributed by atoms with van der Waals surface area (Å²) in [6, 6.07) is 4.77. The normalized spacial score (nSPS) is 12.3. The Bertz CT molecular complexity index is 569. The van der Waals surface area contributed by atoms with Crippen LogP contribution in [0.1, 0.15) is 10.4 Å². The molecule has 2 aromatic rings. The van der Waals surface area contributed by atoms with Crippen molar-refractivity contribution in [3.63, 3.8) is 0 Å². The summed E-state index contributed by atoms with van der Waals surface area (Å²) in [5.41, 5.74) is 1.62. The fourth-order valence-electron chi connectivity index (χ4n) is 1.78. The van der Waals surface area contributed by atoms with E-state index >= 15 is 0 Å². The molecule has 0 aliphatic rings. The minimum absolute atomic E-state index is 0.184. The third-order valence-corrected chi connectivity index (χ3v) is 2.67. The van der Waals surface area contributed by atoms with E-state index in [-0.39, 0.29) is 19.1 Å². The quantitative estimate of drug-likeness (QED) is 0.812. The lowest BCUT2D eigenvalue weighted by molar-refractivity contribution is 0.0841. The number of aromatic nitrogens is 2. The number of carbonyl (C=O) groups excluding carboxylic acids is 1. The first-order valence-electron chi connectivity index (χ1n) is 5.86. The van der Waals surface area contributed by atoms with Crippen LogP contribution < -0.4 is 5.32 Å². The molecular formula is C13H15N3O3. The van der Waals surface area contributed by atoms with E-state index in [0.717, 1.165) is 0 Å². The SMILES string of the molecule is COCC(CO)NC(=O)c1cccc2nccnc12. The van der Waals surface area contributed by atoms with Crippen LogP contribution in [0.25, 0.3) is 11.0 Å². The van der Waals surface area contributed by atoms with Crippen LogP contribution in [0.4, 0.5) is 0 Å². The minimum Gasteiger partial charge on any atom is -0.394 e. The van der Waals surface area contributed by atoms with Gasteiger partial charge in [0.05, 0.1) is 30.3 Å². The fraction of sp³-hybridized carbons (Fsp3) is 0.308. The van der Waals surface area contributed by atoms with Crippen molar-refractivity contribution in [3.05, 3.63) is 36.2 Å². The number of nitrogens with zero attached hydrogens (tertiary/aromatic N) is 2. The highest BCUT2D eigenvalue weighted by Crippen LogP contribution is 2.13. The number of ether oxygens (including phenoxy) is 1. The van der Waals surface area contributed by atoms with E-state index in [1.807, 2.05) is 0 Å². The first kappa shape index (κ1) is 13.4. The van der Waals surface area contributed by atoms with Crippen LogP contribution in [-0.2, 0) is 4.74 Å². The molecule has 1 amide bonds. The Hall–Kier alpha value is -2.05. The lowest BCUT2D eigenvalue weighted by Gasteiger charge is -2.15. The summed E-state index contributed by atoms with van der Waals surface area (Å²) in [4.78, 5) is 20.5. The second kappa shape index (κ2) is 6.21. The second-order valence-electron chi connectivity index (χ2n) is 4.04. The predicted octanol–water partition coefficient (Wildman–Crippen LogP) is 0.367. The summed E-state index contributed by atoms with van der Waals surface area (Å²) in [5, 5.41) is 11.8. The van der Waals surface area contributed by atoms with Crippen molar-refractivity contribution >= 4 is 16.9 Å². The Labute approximate surface area is 110 Å². The molecule has 0 aliphatic heterocycles. The summed E-state index contributed by atoms with van der Waals surface area (Å²) in [5.74, 6) is -0.304. The maximum Gasteiger partial charge on any atom is 0.253 e.